The average Bonchev–Trinajstić information content (AvgIpc) is 2.60. The molecule has 1 aliphatic rings. The maximum absolute atomic E-state index is 12.4. The molecule has 1 fully saturated rings. The molecule has 0 bridgehead atoms. The van der Waals surface area contributed by atoms with Gasteiger partial charge in [0.05, 0.1) is 19.3 Å². The number of nitrogens with zero attached hydrogens (tertiary/aromatic N) is 1. The van der Waals surface area contributed by atoms with Gasteiger partial charge in [0.1, 0.15) is 5.60 Å². The van der Waals surface area contributed by atoms with Crippen LogP contribution in [-0.4, -0.2) is 72.6 Å². The van der Waals surface area contributed by atoms with Crippen molar-refractivity contribution in [3.8, 4) is 0 Å². The Morgan fingerprint density at radius 1 is 1.42 bits per heavy atom. The van der Waals surface area contributed by atoms with E-state index < -0.39 is 11.7 Å². The summed E-state index contributed by atoms with van der Waals surface area (Å²) in [5.41, 5.74) is -0.187. The number of aliphatic hydroxyl groups is 2. The molecule has 3 N–H and O–H groups in total. The van der Waals surface area contributed by atoms with Gasteiger partial charge < -0.3 is 25.2 Å². The van der Waals surface area contributed by atoms with E-state index in [1.165, 1.54) is 0 Å². The van der Waals surface area contributed by atoms with E-state index in [4.69, 9.17) is 4.74 Å². The molecule has 1 saturated heterocycles. The fourth-order valence-electron chi connectivity index (χ4n) is 2.98. The number of hydrogen-bond donors (Lipinski definition) is 3. The first-order chi connectivity index (χ1) is 11.5. The highest BCUT2D eigenvalue weighted by molar-refractivity contribution is 5.76. The second kappa shape index (κ2) is 9.13. The Bertz CT molecular complexity index is 511. The average molecular weight is 336 g/mol. The number of piperidine rings is 1. The minimum atomic E-state index is -1.31. The number of ether oxygens (including phenoxy) is 1. The number of hydrogen-bond acceptors (Lipinski definition) is 5. The van der Waals surface area contributed by atoms with Gasteiger partial charge in [-0.25, -0.2) is 0 Å². The van der Waals surface area contributed by atoms with Gasteiger partial charge in [-0.05, 0) is 18.4 Å². The predicted octanol–water partition coefficient (Wildman–Crippen LogP) is 0.180. The molecular formula is C18H28N2O4. The van der Waals surface area contributed by atoms with Crippen molar-refractivity contribution in [1.82, 2.24) is 10.2 Å². The third-order valence-corrected chi connectivity index (χ3v) is 4.49. The number of nitrogens with one attached hydrogen (secondary N) is 1. The van der Waals surface area contributed by atoms with Crippen molar-refractivity contribution in [2.45, 2.75) is 31.0 Å². The van der Waals surface area contributed by atoms with Gasteiger partial charge >= 0.3 is 0 Å². The molecule has 1 aliphatic heterocycles. The van der Waals surface area contributed by atoms with Crippen molar-refractivity contribution in [3.05, 3.63) is 35.9 Å². The van der Waals surface area contributed by atoms with Crippen LogP contribution in [-0.2, 0) is 16.0 Å². The molecule has 0 unspecified atom stereocenters. The molecule has 0 radical (unpaired) electrons. The van der Waals surface area contributed by atoms with E-state index in [0.29, 0.717) is 39.0 Å². The molecule has 1 heterocycles. The number of benzene rings is 1. The van der Waals surface area contributed by atoms with Crippen LogP contribution in [0.4, 0.5) is 0 Å². The Labute approximate surface area is 143 Å². The molecule has 134 valence electrons. The SMILES string of the molecule is COCCNC[C@]1(O)CN(C(=O)CCc2ccccc2)CC[C@H]1O. The van der Waals surface area contributed by atoms with Crippen molar-refractivity contribution in [3.63, 3.8) is 0 Å². The topological polar surface area (TPSA) is 82.0 Å². The van der Waals surface area contributed by atoms with Gasteiger partial charge in [-0.15, -0.1) is 0 Å². The van der Waals surface area contributed by atoms with E-state index in [9.17, 15) is 15.0 Å². The van der Waals surface area contributed by atoms with E-state index in [1.807, 2.05) is 30.3 Å². The third kappa shape index (κ3) is 5.27. The largest absolute Gasteiger partial charge is 0.390 e. The third-order valence-electron chi connectivity index (χ3n) is 4.49. The minimum Gasteiger partial charge on any atom is -0.390 e. The van der Waals surface area contributed by atoms with E-state index in [0.717, 1.165) is 5.56 Å². The van der Waals surface area contributed by atoms with E-state index in [-0.39, 0.29) is 19.0 Å². The summed E-state index contributed by atoms with van der Waals surface area (Å²) >= 11 is 0. The molecule has 0 spiro atoms. The number of likely N-dealkylation sites (tertiary alicyclic amines) is 1. The summed E-state index contributed by atoms with van der Waals surface area (Å²) in [7, 11) is 1.61. The Balaban J connectivity index is 1.85. The summed E-state index contributed by atoms with van der Waals surface area (Å²) in [4.78, 5) is 14.1. The highest BCUT2D eigenvalue weighted by atomic mass is 16.5. The van der Waals surface area contributed by atoms with Crippen molar-refractivity contribution in [2.24, 2.45) is 0 Å². The monoisotopic (exact) mass is 336 g/mol. The molecule has 1 aromatic rings. The van der Waals surface area contributed by atoms with E-state index >= 15 is 0 Å². The molecule has 1 aromatic carbocycles. The lowest BCUT2D eigenvalue weighted by atomic mass is 9.89. The molecule has 2 atom stereocenters. The van der Waals surface area contributed by atoms with Gasteiger partial charge in [0.25, 0.3) is 0 Å². The Kier molecular flexibility index (Phi) is 7.17. The highest BCUT2D eigenvalue weighted by Crippen LogP contribution is 2.22. The lowest BCUT2D eigenvalue weighted by molar-refractivity contribution is -0.151. The van der Waals surface area contributed by atoms with E-state index in [1.54, 1.807) is 12.0 Å². The number of aliphatic hydroxyl groups excluding tert-OH is 1. The zero-order chi connectivity index (χ0) is 17.4. The van der Waals surface area contributed by atoms with Crippen LogP contribution < -0.4 is 5.32 Å². The second-order valence-electron chi connectivity index (χ2n) is 6.38. The number of aryl methyl sites for hydroxylation is 1. The number of rotatable bonds is 8. The number of carbonyl (C=O) groups is 1. The first-order valence-corrected chi connectivity index (χ1v) is 8.47. The minimum absolute atomic E-state index is 0.0149. The zero-order valence-corrected chi connectivity index (χ0v) is 14.3. The van der Waals surface area contributed by atoms with Crippen molar-refractivity contribution in [2.75, 3.05) is 39.9 Å². The standard InChI is InChI=1S/C18H28N2O4/c1-24-12-10-19-13-18(23)14-20(11-9-16(18)21)17(22)8-7-15-5-3-2-4-6-15/h2-6,16,19,21,23H,7-14H2,1H3/t16-,18+/m1/s1. The summed E-state index contributed by atoms with van der Waals surface area (Å²) in [6.07, 6.45) is 0.654. The summed E-state index contributed by atoms with van der Waals surface area (Å²) in [6, 6.07) is 9.88. The fraction of sp³-hybridized carbons (Fsp3) is 0.611. The van der Waals surface area contributed by atoms with Crippen molar-refractivity contribution in [1.29, 1.82) is 0 Å². The van der Waals surface area contributed by atoms with Crippen LogP contribution in [0.5, 0.6) is 0 Å². The smallest absolute Gasteiger partial charge is 0.223 e. The van der Waals surface area contributed by atoms with Gasteiger partial charge in [0.2, 0.25) is 5.91 Å². The van der Waals surface area contributed by atoms with Crippen LogP contribution in [0.3, 0.4) is 0 Å². The molecule has 0 aromatic heterocycles. The highest BCUT2D eigenvalue weighted by Gasteiger charge is 2.41. The van der Waals surface area contributed by atoms with Gasteiger partial charge in [0, 0.05) is 33.2 Å². The second-order valence-corrected chi connectivity index (χ2v) is 6.38. The number of β-amino-alcohol motifs (C(OH)–C–C–N with tert-alkyl or cyclic N) is 1. The number of amides is 1. The molecule has 24 heavy (non-hydrogen) atoms. The fourth-order valence-corrected chi connectivity index (χ4v) is 2.98. The summed E-state index contributed by atoms with van der Waals surface area (Å²) in [6.45, 7) is 2.00. The van der Waals surface area contributed by atoms with Crippen LogP contribution in [0.1, 0.15) is 18.4 Å². The lowest BCUT2D eigenvalue weighted by Crippen LogP contribution is -2.62. The van der Waals surface area contributed by atoms with Crippen molar-refractivity contribution < 1.29 is 19.7 Å². The molecule has 0 saturated carbocycles. The Morgan fingerprint density at radius 2 is 2.17 bits per heavy atom. The molecule has 2 rings (SSSR count). The van der Waals surface area contributed by atoms with Crippen LogP contribution in [0, 0.1) is 0 Å². The van der Waals surface area contributed by atoms with Crippen molar-refractivity contribution >= 4 is 5.91 Å². The van der Waals surface area contributed by atoms with Crippen LogP contribution >= 0.6 is 0 Å². The van der Waals surface area contributed by atoms with Crippen LogP contribution in [0.15, 0.2) is 30.3 Å². The van der Waals surface area contributed by atoms with Gasteiger partial charge in [0.15, 0.2) is 0 Å². The molecule has 6 heteroatoms. The quantitative estimate of drug-likeness (QED) is 0.590. The maximum atomic E-state index is 12.4. The first-order valence-electron chi connectivity index (χ1n) is 8.47. The summed E-state index contributed by atoms with van der Waals surface area (Å²) in [5.74, 6) is 0.0149. The lowest BCUT2D eigenvalue weighted by Gasteiger charge is -2.43. The Hall–Kier alpha value is -1.47. The maximum Gasteiger partial charge on any atom is 0.223 e. The number of carbonyl (C=O) groups excluding carboxylic acids is 1. The van der Waals surface area contributed by atoms with Gasteiger partial charge in [-0.3, -0.25) is 4.79 Å². The summed E-state index contributed by atoms with van der Waals surface area (Å²) < 4.78 is 4.95. The molecule has 1 amide bonds. The summed E-state index contributed by atoms with van der Waals surface area (Å²) in [5, 5.41) is 23.9. The predicted molar refractivity (Wildman–Crippen MR) is 91.7 cm³/mol. The molecule has 6 nitrogen and oxygen atoms in total. The van der Waals surface area contributed by atoms with Gasteiger partial charge in [-0.2, -0.15) is 0 Å². The normalized spacial score (nSPS) is 24.1. The van der Waals surface area contributed by atoms with Crippen LogP contribution in [0.2, 0.25) is 0 Å². The Morgan fingerprint density at radius 3 is 2.88 bits per heavy atom. The molecule has 0 aliphatic carbocycles. The van der Waals surface area contributed by atoms with Gasteiger partial charge in [-0.1, -0.05) is 30.3 Å². The first kappa shape index (κ1) is 18.9. The van der Waals surface area contributed by atoms with Crippen LogP contribution in [0.25, 0.3) is 0 Å². The number of methoxy groups -OCH3 is 1. The molecular weight excluding hydrogens is 308 g/mol. The van der Waals surface area contributed by atoms with E-state index in [2.05, 4.69) is 5.32 Å². The zero-order valence-electron chi connectivity index (χ0n) is 14.3.